The lowest BCUT2D eigenvalue weighted by Crippen LogP contribution is -2.26. The lowest BCUT2D eigenvalue weighted by molar-refractivity contribution is 0.153. The topological polar surface area (TPSA) is 40.5 Å². The number of nitrogens with zero attached hydrogens (tertiary/aromatic N) is 1. The molecular weight excluding hydrogens is 234 g/mol. The summed E-state index contributed by atoms with van der Waals surface area (Å²) in [5.74, 6) is 0. The molecule has 0 aliphatic heterocycles. The van der Waals surface area contributed by atoms with Gasteiger partial charge in [-0.2, -0.15) is 0 Å². The van der Waals surface area contributed by atoms with Gasteiger partial charge in [0.25, 0.3) is 0 Å². The Morgan fingerprint density at radius 2 is 2.00 bits per heavy atom. The van der Waals surface area contributed by atoms with E-state index in [4.69, 9.17) is 5.11 Å². The minimum atomic E-state index is -0.953. The molecule has 0 radical (unpaired) electrons. The van der Waals surface area contributed by atoms with Crippen molar-refractivity contribution in [2.75, 3.05) is 7.05 Å². The van der Waals surface area contributed by atoms with E-state index >= 15 is 0 Å². The van der Waals surface area contributed by atoms with Crippen molar-refractivity contribution in [1.82, 2.24) is 4.90 Å². The highest BCUT2D eigenvalue weighted by Gasteiger charge is 2.16. The van der Waals surface area contributed by atoms with E-state index in [1.165, 1.54) is 11.9 Å². The van der Waals surface area contributed by atoms with Crippen molar-refractivity contribution in [3.8, 4) is 0 Å². The first kappa shape index (κ1) is 10.1. The zero-order chi connectivity index (χ0) is 9.84. The predicted molar refractivity (Wildman–Crippen MR) is 53.9 cm³/mol. The number of hydrogen-bond acceptors (Lipinski definition) is 1. The normalized spacial score (nSPS) is 12.2. The molecule has 1 unspecified atom stereocenters. The first-order chi connectivity index (χ1) is 6.13. The molecule has 4 heteroatoms. The Morgan fingerprint density at radius 1 is 1.46 bits per heavy atom. The number of hydrogen-bond donors (Lipinski definition) is 1. The molecular formula is C9H10BrNO2. The second-order valence-electron chi connectivity index (χ2n) is 2.64. The fourth-order valence-electron chi connectivity index (χ4n) is 0.932. The Morgan fingerprint density at radius 3 is 2.46 bits per heavy atom. The van der Waals surface area contributed by atoms with Crippen LogP contribution in [-0.2, 0) is 0 Å². The molecule has 1 aromatic rings. The number of halogens is 1. The molecule has 1 amide bonds. The van der Waals surface area contributed by atoms with Gasteiger partial charge in [-0.3, -0.25) is 4.90 Å². The fourth-order valence-corrected chi connectivity index (χ4v) is 1.41. The molecule has 0 heterocycles. The predicted octanol–water partition coefficient (Wildman–Crippen LogP) is 2.69. The Hall–Kier alpha value is -1.03. The van der Waals surface area contributed by atoms with Gasteiger partial charge in [-0.15, -0.1) is 0 Å². The SMILES string of the molecule is CN(C(=O)O)C(Br)c1ccccc1. The van der Waals surface area contributed by atoms with Gasteiger partial charge >= 0.3 is 6.09 Å². The van der Waals surface area contributed by atoms with E-state index in [0.29, 0.717) is 0 Å². The summed E-state index contributed by atoms with van der Waals surface area (Å²) in [5, 5.41) is 8.71. The highest BCUT2D eigenvalue weighted by atomic mass is 79.9. The second kappa shape index (κ2) is 4.28. The fraction of sp³-hybridized carbons (Fsp3) is 0.222. The zero-order valence-electron chi connectivity index (χ0n) is 7.14. The first-order valence-electron chi connectivity index (χ1n) is 3.77. The third kappa shape index (κ3) is 2.45. The third-order valence-corrected chi connectivity index (χ3v) is 2.86. The maximum atomic E-state index is 10.6. The minimum Gasteiger partial charge on any atom is -0.465 e. The van der Waals surface area contributed by atoms with Crippen LogP contribution in [0, 0.1) is 0 Å². The molecule has 0 aliphatic rings. The van der Waals surface area contributed by atoms with Gasteiger partial charge in [0.2, 0.25) is 0 Å². The summed E-state index contributed by atoms with van der Waals surface area (Å²) in [5.41, 5.74) is 0.924. The van der Waals surface area contributed by atoms with E-state index in [0.717, 1.165) is 5.56 Å². The van der Waals surface area contributed by atoms with Crippen LogP contribution in [0.4, 0.5) is 4.79 Å². The molecule has 1 N–H and O–H groups in total. The smallest absolute Gasteiger partial charge is 0.408 e. The van der Waals surface area contributed by atoms with Crippen molar-refractivity contribution < 1.29 is 9.90 Å². The van der Waals surface area contributed by atoms with E-state index in [-0.39, 0.29) is 4.95 Å². The van der Waals surface area contributed by atoms with Gasteiger partial charge in [-0.1, -0.05) is 46.3 Å². The largest absolute Gasteiger partial charge is 0.465 e. The molecule has 1 atom stereocenters. The number of alkyl halides is 1. The molecule has 13 heavy (non-hydrogen) atoms. The minimum absolute atomic E-state index is 0.286. The Labute approximate surface area is 85.1 Å². The number of rotatable bonds is 2. The van der Waals surface area contributed by atoms with Gasteiger partial charge in [0.1, 0.15) is 4.95 Å². The number of carboxylic acid groups (broad SMARTS) is 1. The van der Waals surface area contributed by atoms with Crippen LogP contribution in [0.1, 0.15) is 10.5 Å². The maximum Gasteiger partial charge on any atom is 0.408 e. The molecule has 3 nitrogen and oxygen atoms in total. The summed E-state index contributed by atoms with van der Waals surface area (Å²) >= 11 is 3.30. The van der Waals surface area contributed by atoms with E-state index in [1.807, 2.05) is 30.3 Å². The molecule has 0 saturated heterocycles. The van der Waals surface area contributed by atoms with Crippen molar-refractivity contribution in [2.24, 2.45) is 0 Å². The lowest BCUT2D eigenvalue weighted by Gasteiger charge is -2.20. The molecule has 70 valence electrons. The molecule has 0 fully saturated rings. The average Bonchev–Trinajstić information content (AvgIpc) is 2.17. The molecule has 0 saturated carbocycles. The van der Waals surface area contributed by atoms with Crippen LogP contribution < -0.4 is 0 Å². The summed E-state index contributed by atoms with van der Waals surface area (Å²) in [7, 11) is 1.52. The summed E-state index contributed by atoms with van der Waals surface area (Å²) < 4.78 is 0. The lowest BCUT2D eigenvalue weighted by atomic mass is 10.2. The van der Waals surface area contributed by atoms with Crippen LogP contribution in [0.25, 0.3) is 0 Å². The van der Waals surface area contributed by atoms with Gasteiger partial charge in [0.15, 0.2) is 0 Å². The molecule has 1 rings (SSSR count). The summed E-state index contributed by atoms with van der Waals surface area (Å²) in [6, 6.07) is 9.39. The van der Waals surface area contributed by atoms with Gasteiger partial charge < -0.3 is 5.11 Å². The van der Waals surface area contributed by atoms with Crippen LogP contribution in [0.5, 0.6) is 0 Å². The van der Waals surface area contributed by atoms with E-state index in [1.54, 1.807) is 0 Å². The van der Waals surface area contributed by atoms with Crippen molar-refractivity contribution in [1.29, 1.82) is 0 Å². The molecule has 0 aliphatic carbocycles. The monoisotopic (exact) mass is 243 g/mol. The highest BCUT2D eigenvalue weighted by Crippen LogP contribution is 2.25. The van der Waals surface area contributed by atoms with Gasteiger partial charge in [0, 0.05) is 7.05 Å². The molecule has 0 bridgehead atoms. The Bertz CT molecular complexity index is 289. The number of carbonyl (C=O) groups is 1. The van der Waals surface area contributed by atoms with E-state index < -0.39 is 6.09 Å². The van der Waals surface area contributed by atoms with Crippen LogP contribution >= 0.6 is 15.9 Å². The summed E-state index contributed by atoms with van der Waals surface area (Å²) in [6.45, 7) is 0. The Balaban J connectivity index is 2.79. The zero-order valence-corrected chi connectivity index (χ0v) is 8.73. The third-order valence-electron chi connectivity index (χ3n) is 1.72. The molecule has 1 aromatic carbocycles. The van der Waals surface area contributed by atoms with Gasteiger partial charge in [-0.05, 0) is 5.56 Å². The van der Waals surface area contributed by atoms with Crippen LogP contribution in [0.3, 0.4) is 0 Å². The van der Waals surface area contributed by atoms with Crippen molar-refractivity contribution in [3.05, 3.63) is 35.9 Å². The number of amides is 1. The van der Waals surface area contributed by atoms with E-state index in [2.05, 4.69) is 15.9 Å². The first-order valence-corrected chi connectivity index (χ1v) is 4.69. The van der Waals surface area contributed by atoms with Crippen molar-refractivity contribution in [2.45, 2.75) is 4.95 Å². The van der Waals surface area contributed by atoms with E-state index in [9.17, 15) is 4.79 Å². The van der Waals surface area contributed by atoms with Gasteiger partial charge in [0.05, 0.1) is 0 Å². The maximum absolute atomic E-state index is 10.6. The molecule has 0 spiro atoms. The highest BCUT2D eigenvalue weighted by molar-refractivity contribution is 9.09. The number of benzene rings is 1. The summed E-state index contributed by atoms with van der Waals surface area (Å²) in [4.78, 5) is 11.5. The van der Waals surface area contributed by atoms with Crippen molar-refractivity contribution >= 4 is 22.0 Å². The van der Waals surface area contributed by atoms with Gasteiger partial charge in [-0.25, -0.2) is 4.79 Å². The Kier molecular flexibility index (Phi) is 3.31. The average molecular weight is 244 g/mol. The molecule has 0 aromatic heterocycles. The van der Waals surface area contributed by atoms with Crippen molar-refractivity contribution in [3.63, 3.8) is 0 Å². The standard InChI is InChI=1S/C9H10BrNO2/c1-11(9(12)13)8(10)7-5-3-2-4-6-7/h2-6,8H,1H3,(H,12,13). The summed E-state index contributed by atoms with van der Waals surface area (Å²) in [6.07, 6.45) is -0.953. The second-order valence-corrected chi connectivity index (χ2v) is 3.51. The van der Waals surface area contributed by atoms with Crippen LogP contribution in [0.15, 0.2) is 30.3 Å². The van der Waals surface area contributed by atoms with Crippen LogP contribution in [-0.4, -0.2) is 23.1 Å². The van der Waals surface area contributed by atoms with Crippen LogP contribution in [0.2, 0.25) is 0 Å². The quantitative estimate of drug-likeness (QED) is 0.641.